The summed E-state index contributed by atoms with van der Waals surface area (Å²) in [5.41, 5.74) is 2.41. The normalized spacial score (nSPS) is 11.7. The molecule has 17 heavy (non-hydrogen) atoms. The predicted molar refractivity (Wildman–Crippen MR) is 72.6 cm³/mol. The van der Waals surface area contributed by atoms with Gasteiger partial charge in [-0.3, -0.25) is 4.79 Å². The van der Waals surface area contributed by atoms with E-state index in [1.807, 2.05) is 36.9 Å². The van der Waals surface area contributed by atoms with E-state index >= 15 is 0 Å². The summed E-state index contributed by atoms with van der Waals surface area (Å²) in [6, 6.07) is 10.5. The van der Waals surface area contributed by atoms with Crippen LogP contribution >= 0.6 is 0 Å². The second-order valence-corrected chi connectivity index (χ2v) is 4.52. The molecule has 2 nitrogen and oxygen atoms in total. The quantitative estimate of drug-likeness (QED) is 0.778. The zero-order chi connectivity index (χ0) is 12.8. The van der Waals surface area contributed by atoms with Crippen LogP contribution in [-0.2, 0) is 4.79 Å². The summed E-state index contributed by atoms with van der Waals surface area (Å²) >= 11 is 0. The molecule has 1 aromatic carbocycles. The van der Waals surface area contributed by atoms with Crippen LogP contribution in [0.15, 0.2) is 36.4 Å². The fraction of sp³-hybridized carbons (Fsp3) is 0.400. The zero-order valence-corrected chi connectivity index (χ0v) is 11.1. The summed E-state index contributed by atoms with van der Waals surface area (Å²) in [4.78, 5) is 13.3. The third-order valence-electron chi connectivity index (χ3n) is 2.85. The summed E-state index contributed by atoms with van der Waals surface area (Å²) in [6.07, 6.45) is 2.11. The van der Waals surface area contributed by atoms with Gasteiger partial charge in [0.15, 0.2) is 0 Å². The van der Waals surface area contributed by atoms with E-state index in [0.29, 0.717) is 6.54 Å². The molecule has 0 aromatic heterocycles. The number of rotatable bonds is 4. The Morgan fingerprint density at radius 2 is 1.82 bits per heavy atom. The molecule has 0 saturated carbocycles. The number of nitrogens with zero attached hydrogens (tertiary/aromatic N) is 1. The third kappa shape index (κ3) is 4.06. The van der Waals surface area contributed by atoms with Gasteiger partial charge in [0, 0.05) is 19.5 Å². The van der Waals surface area contributed by atoms with Gasteiger partial charge in [0.25, 0.3) is 0 Å². The maximum absolute atomic E-state index is 11.4. The lowest BCUT2D eigenvalue weighted by atomic mass is 10.1. The molecule has 0 N–H and O–H groups in total. The van der Waals surface area contributed by atoms with E-state index in [1.165, 1.54) is 11.1 Å². The first kappa shape index (κ1) is 13.5. The van der Waals surface area contributed by atoms with Gasteiger partial charge in [-0.1, -0.05) is 36.4 Å². The molecule has 1 amide bonds. The number of hydrogen-bond acceptors (Lipinski definition) is 1. The molecule has 92 valence electrons. The Balaban J connectivity index is 2.73. The summed E-state index contributed by atoms with van der Waals surface area (Å²) in [7, 11) is 0. The second-order valence-electron chi connectivity index (χ2n) is 4.52. The summed E-state index contributed by atoms with van der Waals surface area (Å²) in [6.45, 7) is 8.44. The van der Waals surface area contributed by atoms with Crippen LogP contribution in [0.4, 0.5) is 0 Å². The third-order valence-corrected chi connectivity index (χ3v) is 2.85. The standard InChI is InChI=1S/C15H21NO/c1-12(2)16(14(4)17)11-10-13(3)15-8-6-5-7-9-15/h5-10,12H,11H2,1-4H3. The number of allylic oxidation sites excluding steroid dienone is 1. The van der Waals surface area contributed by atoms with Gasteiger partial charge < -0.3 is 4.90 Å². The van der Waals surface area contributed by atoms with Crippen LogP contribution in [0.5, 0.6) is 0 Å². The molecular formula is C15H21NO. The maximum atomic E-state index is 11.4. The van der Waals surface area contributed by atoms with Crippen LogP contribution in [-0.4, -0.2) is 23.4 Å². The molecule has 0 saturated heterocycles. The Labute approximate surface area is 104 Å². The Morgan fingerprint density at radius 3 is 2.29 bits per heavy atom. The van der Waals surface area contributed by atoms with Crippen molar-refractivity contribution in [2.75, 3.05) is 6.54 Å². The minimum absolute atomic E-state index is 0.122. The van der Waals surface area contributed by atoms with Gasteiger partial charge in [0.2, 0.25) is 5.91 Å². The van der Waals surface area contributed by atoms with Crippen LogP contribution < -0.4 is 0 Å². The SMILES string of the molecule is CC(=O)N(CC=C(C)c1ccccc1)C(C)C. The van der Waals surface area contributed by atoms with Gasteiger partial charge in [0.05, 0.1) is 0 Å². The van der Waals surface area contributed by atoms with Gasteiger partial charge in [-0.2, -0.15) is 0 Å². The monoisotopic (exact) mass is 231 g/mol. The molecule has 0 radical (unpaired) electrons. The van der Waals surface area contributed by atoms with Crippen molar-refractivity contribution >= 4 is 11.5 Å². The molecule has 0 fully saturated rings. The van der Waals surface area contributed by atoms with Crippen LogP contribution in [0.25, 0.3) is 5.57 Å². The van der Waals surface area contributed by atoms with Crippen LogP contribution in [0.2, 0.25) is 0 Å². The Bertz CT molecular complexity index is 393. The van der Waals surface area contributed by atoms with Crippen molar-refractivity contribution < 1.29 is 4.79 Å². The van der Waals surface area contributed by atoms with E-state index in [0.717, 1.165) is 0 Å². The topological polar surface area (TPSA) is 20.3 Å². The van der Waals surface area contributed by atoms with Crippen molar-refractivity contribution in [2.45, 2.75) is 33.7 Å². The van der Waals surface area contributed by atoms with E-state index in [4.69, 9.17) is 0 Å². The molecule has 0 aliphatic carbocycles. The van der Waals surface area contributed by atoms with Crippen molar-refractivity contribution in [1.82, 2.24) is 4.90 Å². The van der Waals surface area contributed by atoms with E-state index in [1.54, 1.807) is 6.92 Å². The predicted octanol–water partition coefficient (Wildman–Crippen LogP) is 3.35. The lowest BCUT2D eigenvalue weighted by molar-refractivity contribution is -0.129. The summed E-state index contributed by atoms with van der Waals surface area (Å²) < 4.78 is 0. The maximum Gasteiger partial charge on any atom is 0.219 e. The van der Waals surface area contributed by atoms with Crippen molar-refractivity contribution in [3.05, 3.63) is 42.0 Å². The van der Waals surface area contributed by atoms with Crippen molar-refractivity contribution in [2.24, 2.45) is 0 Å². The molecule has 2 heteroatoms. The lowest BCUT2D eigenvalue weighted by Gasteiger charge is -2.24. The molecule has 0 atom stereocenters. The molecule has 1 rings (SSSR count). The van der Waals surface area contributed by atoms with E-state index in [2.05, 4.69) is 25.1 Å². The Kier molecular flexibility index (Phi) is 4.95. The van der Waals surface area contributed by atoms with E-state index < -0.39 is 0 Å². The molecule has 0 bridgehead atoms. The number of benzene rings is 1. The average Bonchev–Trinajstić information content (AvgIpc) is 2.29. The molecule has 0 aliphatic heterocycles. The second kappa shape index (κ2) is 6.24. The fourth-order valence-corrected chi connectivity index (χ4v) is 1.76. The smallest absolute Gasteiger partial charge is 0.219 e. The molecular weight excluding hydrogens is 210 g/mol. The Hall–Kier alpha value is -1.57. The minimum Gasteiger partial charge on any atom is -0.337 e. The van der Waals surface area contributed by atoms with Gasteiger partial charge in [0.1, 0.15) is 0 Å². The zero-order valence-electron chi connectivity index (χ0n) is 11.1. The van der Waals surface area contributed by atoms with E-state index in [9.17, 15) is 4.79 Å². The number of carbonyl (C=O) groups is 1. The molecule has 1 aromatic rings. The highest BCUT2D eigenvalue weighted by molar-refractivity contribution is 5.74. The first-order valence-corrected chi connectivity index (χ1v) is 6.01. The van der Waals surface area contributed by atoms with Gasteiger partial charge in [-0.15, -0.1) is 0 Å². The van der Waals surface area contributed by atoms with Crippen LogP contribution in [0.3, 0.4) is 0 Å². The lowest BCUT2D eigenvalue weighted by Crippen LogP contribution is -2.35. The highest BCUT2D eigenvalue weighted by Crippen LogP contribution is 2.13. The fourth-order valence-electron chi connectivity index (χ4n) is 1.76. The summed E-state index contributed by atoms with van der Waals surface area (Å²) in [5, 5.41) is 0. The highest BCUT2D eigenvalue weighted by Gasteiger charge is 2.10. The number of hydrogen-bond donors (Lipinski definition) is 0. The molecule has 0 aliphatic rings. The minimum atomic E-state index is 0.122. The molecule has 0 heterocycles. The highest BCUT2D eigenvalue weighted by atomic mass is 16.2. The first-order valence-electron chi connectivity index (χ1n) is 6.01. The van der Waals surface area contributed by atoms with E-state index in [-0.39, 0.29) is 11.9 Å². The van der Waals surface area contributed by atoms with Gasteiger partial charge in [-0.25, -0.2) is 0 Å². The van der Waals surface area contributed by atoms with Gasteiger partial charge >= 0.3 is 0 Å². The van der Waals surface area contributed by atoms with Crippen LogP contribution in [0, 0.1) is 0 Å². The van der Waals surface area contributed by atoms with Crippen molar-refractivity contribution in [3.63, 3.8) is 0 Å². The van der Waals surface area contributed by atoms with Crippen molar-refractivity contribution in [1.29, 1.82) is 0 Å². The number of amides is 1. The first-order chi connectivity index (χ1) is 8.02. The average molecular weight is 231 g/mol. The molecule has 0 spiro atoms. The molecule has 0 unspecified atom stereocenters. The Morgan fingerprint density at radius 1 is 1.24 bits per heavy atom. The number of carbonyl (C=O) groups excluding carboxylic acids is 1. The van der Waals surface area contributed by atoms with Crippen LogP contribution in [0.1, 0.15) is 33.3 Å². The largest absolute Gasteiger partial charge is 0.337 e. The van der Waals surface area contributed by atoms with Crippen molar-refractivity contribution in [3.8, 4) is 0 Å². The van der Waals surface area contributed by atoms with Gasteiger partial charge in [-0.05, 0) is 31.9 Å². The summed E-state index contributed by atoms with van der Waals surface area (Å²) in [5.74, 6) is 0.122.